The van der Waals surface area contributed by atoms with Gasteiger partial charge in [0.05, 0.1) is 11.8 Å². The lowest BCUT2D eigenvalue weighted by Gasteiger charge is -2.11. The van der Waals surface area contributed by atoms with Crippen LogP contribution in [0.2, 0.25) is 0 Å². The lowest BCUT2D eigenvalue weighted by atomic mass is 10.2. The summed E-state index contributed by atoms with van der Waals surface area (Å²) in [5, 5.41) is 22.3. The maximum atomic E-state index is 11.1. The van der Waals surface area contributed by atoms with Crippen molar-refractivity contribution in [3.63, 3.8) is 0 Å². The summed E-state index contributed by atoms with van der Waals surface area (Å²) in [6.07, 6.45) is 0.785. The highest BCUT2D eigenvalue weighted by Gasteiger charge is 2.10. The van der Waals surface area contributed by atoms with Gasteiger partial charge in [0.2, 0.25) is 0 Å². The molecule has 1 atom stereocenters. The minimum atomic E-state index is -0.720. The van der Waals surface area contributed by atoms with Gasteiger partial charge in [0.1, 0.15) is 30.0 Å². The third-order valence-corrected chi connectivity index (χ3v) is 2.99. The molecule has 1 heterocycles. The number of primary amides is 1. The summed E-state index contributed by atoms with van der Waals surface area (Å²) in [5.41, 5.74) is 5.15. The summed E-state index contributed by atoms with van der Waals surface area (Å²) in [6, 6.07) is 7.69. The molecule has 0 spiro atoms. The number of benzene rings is 1. The molecule has 1 aromatic heterocycles. The molecule has 0 aliphatic heterocycles. The van der Waals surface area contributed by atoms with Crippen LogP contribution in [-0.4, -0.2) is 35.8 Å². The zero-order chi connectivity index (χ0) is 15.9. The fraction of sp³-hybridized carbons (Fsp3) is 0.267. The number of aliphatic hydroxyl groups excluding tert-OH is 1. The summed E-state index contributed by atoms with van der Waals surface area (Å²) in [4.78, 5) is 11.1. The van der Waals surface area contributed by atoms with Gasteiger partial charge in [0.25, 0.3) is 5.91 Å². The van der Waals surface area contributed by atoms with Crippen LogP contribution in [0.25, 0.3) is 0 Å². The second-order valence-electron chi connectivity index (χ2n) is 4.63. The monoisotopic (exact) mass is 306 g/mol. The number of nitrogens with two attached hydrogens (primary N) is 1. The first kappa shape index (κ1) is 15.9. The third kappa shape index (κ3) is 4.24. The molecule has 0 aliphatic carbocycles. The van der Waals surface area contributed by atoms with E-state index in [1.807, 2.05) is 0 Å². The van der Waals surface area contributed by atoms with Crippen molar-refractivity contribution in [2.45, 2.75) is 6.10 Å². The van der Waals surface area contributed by atoms with Gasteiger partial charge in [-0.1, -0.05) is 0 Å². The molecule has 118 valence electrons. The molecule has 5 N–H and O–H groups in total. The highest BCUT2D eigenvalue weighted by Crippen LogP contribution is 2.22. The summed E-state index contributed by atoms with van der Waals surface area (Å²) in [5.74, 6) is 0.0280. The first-order chi connectivity index (χ1) is 10.6. The van der Waals surface area contributed by atoms with Crippen molar-refractivity contribution < 1.29 is 24.2 Å². The van der Waals surface area contributed by atoms with E-state index in [4.69, 9.17) is 14.9 Å². The normalized spacial score (nSPS) is 12.0. The SMILES string of the molecule is NC(=O)c1cc(OCCNCC(O)c2ccco2)ccc1O. The third-order valence-electron chi connectivity index (χ3n) is 2.99. The van der Waals surface area contributed by atoms with Crippen molar-refractivity contribution in [1.82, 2.24) is 5.32 Å². The van der Waals surface area contributed by atoms with Crippen molar-refractivity contribution in [3.8, 4) is 11.5 Å². The van der Waals surface area contributed by atoms with Crippen LogP contribution in [-0.2, 0) is 0 Å². The van der Waals surface area contributed by atoms with Gasteiger partial charge in [-0.3, -0.25) is 4.79 Å². The molecule has 2 aromatic rings. The van der Waals surface area contributed by atoms with Crippen LogP contribution >= 0.6 is 0 Å². The van der Waals surface area contributed by atoms with E-state index >= 15 is 0 Å². The molecule has 0 aliphatic rings. The number of phenols is 1. The van der Waals surface area contributed by atoms with Crippen LogP contribution in [0.5, 0.6) is 11.5 Å². The second-order valence-corrected chi connectivity index (χ2v) is 4.63. The predicted octanol–water partition coefficient (Wildman–Crippen LogP) is 0.786. The number of aromatic hydroxyl groups is 1. The van der Waals surface area contributed by atoms with Crippen molar-refractivity contribution in [2.75, 3.05) is 19.7 Å². The van der Waals surface area contributed by atoms with Gasteiger partial charge in [-0.15, -0.1) is 0 Å². The molecule has 1 amide bonds. The Balaban J connectivity index is 1.73. The topological polar surface area (TPSA) is 118 Å². The van der Waals surface area contributed by atoms with E-state index in [-0.39, 0.29) is 11.3 Å². The van der Waals surface area contributed by atoms with E-state index in [1.165, 1.54) is 18.4 Å². The minimum Gasteiger partial charge on any atom is -0.507 e. The van der Waals surface area contributed by atoms with Crippen LogP contribution in [0, 0.1) is 0 Å². The number of furan rings is 1. The lowest BCUT2D eigenvalue weighted by Crippen LogP contribution is -2.26. The Hall–Kier alpha value is -2.51. The zero-order valence-electron chi connectivity index (χ0n) is 11.9. The smallest absolute Gasteiger partial charge is 0.252 e. The summed E-state index contributed by atoms with van der Waals surface area (Å²) < 4.78 is 10.5. The molecule has 7 heteroatoms. The summed E-state index contributed by atoms with van der Waals surface area (Å²) in [6.45, 7) is 1.15. The Morgan fingerprint density at radius 2 is 2.23 bits per heavy atom. The molecule has 1 aromatic carbocycles. The highest BCUT2D eigenvalue weighted by molar-refractivity contribution is 5.95. The summed E-state index contributed by atoms with van der Waals surface area (Å²) in [7, 11) is 0. The lowest BCUT2D eigenvalue weighted by molar-refractivity contribution is 0.0997. The number of carbonyl (C=O) groups is 1. The first-order valence-corrected chi connectivity index (χ1v) is 6.75. The van der Waals surface area contributed by atoms with Crippen molar-refractivity contribution in [1.29, 1.82) is 0 Å². The quantitative estimate of drug-likeness (QED) is 0.535. The maximum absolute atomic E-state index is 11.1. The molecular weight excluding hydrogens is 288 g/mol. The fourth-order valence-electron chi connectivity index (χ4n) is 1.86. The predicted molar refractivity (Wildman–Crippen MR) is 78.7 cm³/mol. The first-order valence-electron chi connectivity index (χ1n) is 6.75. The molecule has 22 heavy (non-hydrogen) atoms. The number of hydrogen-bond donors (Lipinski definition) is 4. The Labute approximate surface area is 127 Å². The largest absolute Gasteiger partial charge is 0.507 e. The number of amides is 1. The Kier molecular flexibility index (Phi) is 5.40. The van der Waals surface area contributed by atoms with Crippen LogP contribution < -0.4 is 15.8 Å². The van der Waals surface area contributed by atoms with E-state index in [9.17, 15) is 15.0 Å². The van der Waals surface area contributed by atoms with Crippen LogP contribution in [0.4, 0.5) is 0 Å². The Bertz CT molecular complexity index is 612. The number of rotatable bonds is 8. The van der Waals surface area contributed by atoms with Gasteiger partial charge >= 0.3 is 0 Å². The summed E-state index contributed by atoms with van der Waals surface area (Å²) >= 11 is 0. The number of nitrogens with one attached hydrogen (secondary N) is 1. The molecule has 0 bridgehead atoms. The molecule has 0 radical (unpaired) electrons. The number of ether oxygens (including phenoxy) is 1. The minimum absolute atomic E-state index is 0.0127. The number of hydrogen-bond acceptors (Lipinski definition) is 6. The number of carbonyl (C=O) groups excluding carboxylic acids is 1. The molecule has 0 saturated heterocycles. The van der Waals surface area contributed by atoms with Crippen molar-refractivity contribution in [2.24, 2.45) is 5.73 Å². The van der Waals surface area contributed by atoms with Gasteiger partial charge in [-0.05, 0) is 30.3 Å². The molecule has 0 fully saturated rings. The number of aliphatic hydroxyl groups is 1. The van der Waals surface area contributed by atoms with Crippen LogP contribution in [0.1, 0.15) is 22.2 Å². The molecule has 1 unspecified atom stereocenters. The van der Waals surface area contributed by atoms with Crippen molar-refractivity contribution in [3.05, 3.63) is 47.9 Å². The Morgan fingerprint density at radius 1 is 1.41 bits per heavy atom. The standard InChI is InChI=1S/C15H18N2O5/c16-15(20)11-8-10(3-4-12(11)18)21-7-5-17-9-13(19)14-2-1-6-22-14/h1-4,6,8,13,17-19H,5,7,9H2,(H2,16,20). The zero-order valence-corrected chi connectivity index (χ0v) is 11.9. The van der Waals surface area contributed by atoms with E-state index in [0.29, 0.717) is 31.2 Å². The molecule has 0 saturated carbocycles. The van der Waals surface area contributed by atoms with Gasteiger partial charge in [-0.25, -0.2) is 0 Å². The molecular formula is C15H18N2O5. The van der Waals surface area contributed by atoms with Gasteiger partial charge < -0.3 is 30.4 Å². The van der Waals surface area contributed by atoms with E-state index < -0.39 is 12.0 Å². The maximum Gasteiger partial charge on any atom is 0.252 e. The van der Waals surface area contributed by atoms with Crippen LogP contribution in [0.3, 0.4) is 0 Å². The van der Waals surface area contributed by atoms with E-state index in [1.54, 1.807) is 18.2 Å². The molecule has 7 nitrogen and oxygen atoms in total. The highest BCUT2D eigenvalue weighted by atomic mass is 16.5. The van der Waals surface area contributed by atoms with Crippen LogP contribution in [0.15, 0.2) is 41.0 Å². The fourth-order valence-corrected chi connectivity index (χ4v) is 1.86. The second kappa shape index (κ2) is 7.48. The van der Waals surface area contributed by atoms with Gasteiger partial charge in [0.15, 0.2) is 0 Å². The molecule has 2 rings (SSSR count). The van der Waals surface area contributed by atoms with Gasteiger partial charge in [0, 0.05) is 13.1 Å². The Morgan fingerprint density at radius 3 is 2.91 bits per heavy atom. The van der Waals surface area contributed by atoms with Crippen molar-refractivity contribution >= 4 is 5.91 Å². The van der Waals surface area contributed by atoms with E-state index in [0.717, 1.165) is 0 Å². The van der Waals surface area contributed by atoms with Gasteiger partial charge in [-0.2, -0.15) is 0 Å². The average molecular weight is 306 g/mol. The average Bonchev–Trinajstić information content (AvgIpc) is 3.02. The van der Waals surface area contributed by atoms with E-state index in [2.05, 4.69) is 5.32 Å².